The van der Waals surface area contributed by atoms with Crippen molar-refractivity contribution in [1.82, 2.24) is 9.97 Å². The zero-order valence-electron chi connectivity index (χ0n) is 15.5. The highest BCUT2D eigenvalue weighted by Gasteiger charge is 2.27. The van der Waals surface area contributed by atoms with E-state index in [0.29, 0.717) is 5.16 Å². The number of fused-ring (bicyclic) bond motifs is 2. The van der Waals surface area contributed by atoms with Crippen molar-refractivity contribution in [3.05, 3.63) is 54.1 Å². The molecule has 2 aromatic carbocycles. The Hall–Kier alpha value is -2.60. The summed E-state index contributed by atoms with van der Waals surface area (Å²) in [4.78, 5) is 24.3. The minimum atomic E-state index is -0.262. The lowest BCUT2D eigenvalue weighted by Gasteiger charge is -2.31. The highest BCUT2D eigenvalue weighted by molar-refractivity contribution is 8.00. The third kappa shape index (κ3) is 3.49. The Morgan fingerprint density at radius 1 is 1.15 bits per heavy atom. The predicted molar refractivity (Wildman–Crippen MR) is 112 cm³/mol. The third-order valence-corrected chi connectivity index (χ3v) is 5.77. The zero-order valence-corrected chi connectivity index (χ0v) is 16.3. The number of thioether (sulfide) groups is 1. The first-order chi connectivity index (χ1) is 13.2. The van der Waals surface area contributed by atoms with Crippen molar-refractivity contribution in [3.63, 3.8) is 0 Å². The van der Waals surface area contributed by atoms with Crippen molar-refractivity contribution in [2.45, 2.75) is 30.2 Å². The van der Waals surface area contributed by atoms with Crippen LogP contribution in [0, 0.1) is 0 Å². The molecule has 0 spiro atoms. The normalized spacial score (nSPS) is 14.7. The quantitative estimate of drug-likeness (QED) is 0.546. The molecular formula is C21H22N4OS. The molecule has 0 radical (unpaired) electrons. The number of carbonyl (C=O) groups is 1. The highest BCUT2D eigenvalue weighted by atomic mass is 32.2. The van der Waals surface area contributed by atoms with E-state index in [1.807, 2.05) is 61.3 Å². The Morgan fingerprint density at radius 3 is 2.78 bits per heavy atom. The lowest BCUT2D eigenvalue weighted by Crippen LogP contribution is -2.40. The third-order valence-electron chi connectivity index (χ3n) is 4.83. The smallest absolute Gasteiger partial charge is 0.240 e. The van der Waals surface area contributed by atoms with Crippen LogP contribution < -0.4 is 10.2 Å². The van der Waals surface area contributed by atoms with Crippen molar-refractivity contribution >= 4 is 40.1 Å². The fourth-order valence-corrected chi connectivity index (χ4v) is 4.33. The number of hydrogen-bond donors (Lipinski definition) is 1. The fourth-order valence-electron chi connectivity index (χ4n) is 3.49. The standard InChI is InChI=1S/C21H22N4OS/c1-14(20(26)25-13-7-9-15-8-3-6-12-18(15)25)27-21-23-17-11-5-4-10-16(17)19(22-2)24-21/h3-6,8,10-12,14H,7,9,13H2,1-2H3,(H,22,23,24)/t14-/m1/s1. The summed E-state index contributed by atoms with van der Waals surface area (Å²) < 4.78 is 0. The van der Waals surface area contributed by atoms with Crippen LogP contribution in [0.25, 0.3) is 10.9 Å². The average Bonchev–Trinajstić information content (AvgIpc) is 2.72. The van der Waals surface area contributed by atoms with E-state index in [4.69, 9.17) is 0 Å². The topological polar surface area (TPSA) is 58.1 Å². The Labute approximate surface area is 163 Å². The van der Waals surface area contributed by atoms with Crippen molar-refractivity contribution in [1.29, 1.82) is 0 Å². The van der Waals surface area contributed by atoms with Crippen LogP contribution in [0.1, 0.15) is 18.9 Å². The summed E-state index contributed by atoms with van der Waals surface area (Å²) in [5.74, 6) is 0.890. The van der Waals surface area contributed by atoms with E-state index < -0.39 is 0 Å². The number of aryl methyl sites for hydroxylation is 1. The number of hydrogen-bond acceptors (Lipinski definition) is 5. The van der Waals surface area contributed by atoms with E-state index in [0.717, 1.165) is 41.8 Å². The van der Waals surface area contributed by atoms with E-state index >= 15 is 0 Å². The molecule has 3 aromatic rings. The Kier molecular flexibility index (Phi) is 4.99. The minimum Gasteiger partial charge on any atom is -0.372 e. The van der Waals surface area contributed by atoms with Gasteiger partial charge in [0, 0.05) is 24.7 Å². The van der Waals surface area contributed by atoms with Gasteiger partial charge < -0.3 is 10.2 Å². The first kappa shape index (κ1) is 17.8. The number of anilines is 2. The monoisotopic (exact) mass is 378 g/mol. The van der Waals surface area contributed by atoms with Crippen molar-refractivity contribution in [2.75, 3.05) is 23.8 Å². The summed E-state index contributed by atoms with van der Waals surface area (Å²) in [5.41, 5.74) is 3.16. The molecule has 0 saturated carbocycles. The molecule has 1 N–H and O–H groups in total. The second-order valence-corrected chi connectivity index (χ2v) is 7.91. The summed E-state index contributed by atoms with van der Waals surface area (Å²) in [7, 11) is 1.85. The molecule has 0 saturated heterocycles. The number of nitrogens with one attached hydrogen (secondary N) is 1. The largest absolute Gasteiger partial charge is 0.372 e. The van der Waals surface area contributed by atoms with Gasteiger partial charge in [-0.1, -0.05) is 42.1 Å². The molecule has 0 fully saturated rings. The van der Waals surface area contributed by atoms with Gasteiger partial charge in [-0.2, -0.15) is 0 Å². The maximum Gasteiger partial charge on any atom is 0.240 e. The van der Waals surface area contributed by atoms with Gasteiger partial charge in [0.2, 0.25) is 5.91 Å². The van der Waals surface area contributed by atoms with Crippen molar-refractivity contribution in [2.24, 2.45) is 0 Å². The number of amides is 1. The van der Waals surface area contributed by atoms with Gasteiger partial charge in [-0.05, 0) is 43.5 Å². The maximum absolute atomic E-state index is 13.1. The molecule has 0 aliphatic carbocycles. The van der Waals surface area contributed by atoms with Crippen LogP contribution in [0.5, 0.6) is 0 Å². The molecular weight excluding hydrogens is 356 g/mol. The van der Waals surface area contributed by atoms with Crippen molar-refractivity contribution in [3.8, 4) is 0 Å². The molecule has 1 aromatic heterocycles. The molecule has 4 rings (SSSR count). The SMILES string of the molecule is CNc1nc(S[C@H](C)C(=O)N2CCCc3ccccc32)nc2ccccc12. The molecule has 0 unspecified atom stereocenters. The number of carbonyl (C=O) groups excluding carboxylic acids is 1. The van der Waals surface area contributed by atoms with Gasteiger partial charge in [0.25, 0.3) is 0 Å². The summed E-state index contributed by atoms with van der Waals surface area (Å²) in [5, 5.41) is 4.46. The van der Waals surface area contributed by atoms with Crippen LogP contribution in [-0.2, 0) is 11.2 Å². The van der Waals surface area contributed by atoms with E-state index in [2.05, 4.69) is 21.4 Å². The van der Waals surface area contributed by atoms with E-state index in [-0.39, 0.29) is 11.2 Å². The summed E-state index contributed by atoms with van der Waals surface area (Å²) in [6.45, 7) is 2.70. The number of para-hydroxylation sites is 2. The van der Waals surface area contributed by atoms with Crippen molar-refractivity contribution < 1.29 is 4.79 Å². The molecule has 1 aliphatic heterocycles. The van der Waals surface area contributed by atoms with Gasteiger partial charge >= 0.3 is 0 Å². The molecule has 138 valence electrons. The number of nitrogens with zero attached hydrogens (tertiary/aromatic N) is 3. The molecule has 1 aliphatic rings. The van der Waals surface area contributed by atoms with Gasteiger partial charge in [0.15, 0.2) is 5.16 Å². The van der Waals surface area contributed by atoms with Crippen LogP contribution in [0.2, 0.25) is 0 Å². The second kappa shape index (κ2) is 7.56. The van der Waals surface area contributed by atoms with Crippen LogP contribution >= 0.6 is 11.8 Å². The Bertz CT molecular complexity index is 991. The Morgan fingerprint density at radius 2 is 1.93 bits per heavy atom. The van der Waals surface area contributed by atoms with Gasteiger partial charge in [0.05, 0.1) is 10.8 Å². The number of rotatable bonds is 4. The fraction of sp³-hybridized carbons (Fsp3) is 0.286. The molecule has 2 heterocycles. The predicted octanol–water partition coefficient (Wildman–Crippen LogP) is 4.13. The number of aromatic nitrogens is 2. The van der Waals surface area contributed by atoms with Gasteiger partial charge in [-0.15, -0.1) is 0 Å². The molecule has 0 bridgehead atoms. The lowest BCUT2D eigenvalue weighted by atomic mass is 10.0. The van der Waals surface area contributed by atoms with E-state index in [1.54, 1.807) is 0 Å². The van der Waals surface area contributed by atoms with E-state index in [9.17, 15) is 4.79 Å². The number of benzene rings is 2. The molecule has 27 heavy (non-hydrogen) atoms. The minimum absolute atomic E-state index is 0.106. The van der Waals surface area contributed by atoms with Crippen LogP contribution in [-0.4, -0.2) is 34.7 Å². The van der Waals surface area contributed by atoms with Crippen LogP contribution in [0.3, 0.4) is 0 Å². The first-order valence-corrected chi connectivity index (χ1v) is 10.1. The molecule has 1 atom stereocenters. The Balaban J connectivity index is 1.58. The second-order valence-electron chi connectivity index (χ2n) is 6.60. The maximum atomic E-state index is 13.1. The summed E-state index contributed by atoms with van der Waals surface area (Å²) in [6, 6.07) is 16.1. The lowest BCUT2D eigenvalue weighted by molar-refractivity contribution is -0.117. The average molecular weight is 379 g/mol. The van der Waals surface area contributed by atoms with Gasteiger partial charge in [-0.25, -0.2) is 9.97 Å². The molecule has 6 heteroatoms. The van der Waals surface area contributed by atoms with Crippen LogP contribution in [0.15, 0.2) is 53.7 Å². The molecule has 5 nitrogen and oxygen atoms in total. The van der Waals surface area contributed by atoms with Gasteiger partial charge in [0.1, 0.15) is 5.82 Å². The zero-order chi connectivity index (χ0) is 18.8. The summed E-state index contributed by atoms with van der Waals surface area (Å²) >= 11 is 1.41. The summed E-state index contributed by atoms with van der Waals surface area (Å²) in [6.07, 6.45) is 2.03. The first-order valence-electron chi connectivity index (χ1n) is 9.18. The van der Waals surface area contributed by atoms with Crippen LogP contribution in [0.4, 0.5) is 11.5 Å². The molecule has 1 amide bonds. The highest BCUT2D eigenvalue weighted by Crippen LogP contribution is 2.31. The van der Waals surface area contributed by atoms with Gasteiger partial charge in [-0.3, -0.25) is 4.79 Å². The van der Waals surface area contributed by atoms with E-state index in [1.165, 1.54) is 17.3 Å².